The van der Waals surface area contributed by atoms with Crippen molar-refractivity contribution in [2.45, 2.75) is 26.2 Å². The SMILES string of the molecule is COc1cc(CCO)c(C(C)C)c(Cl)c1OC. The van der Waals surface area contributed by atoms with Crippen molar-refractivity contribution in [1.29, 1.82) is 0 Å². The van der Waals surface area contributed by atoms with E-state index in [1.807, 2.05) is 6.07 Å². The van der Waals surface area contributed by atoms with Gasteiger partial charge in [-0.1, -0.05) is 25.4 Å². The summed E-state index contributed by atoms with van der Waals surface area (Å²) in [6, 6.07) is 1.89. The summed E-state index contributed by atoms with van der Waals surface area (Å²) >= 11 is 6.34. The highest BCUT2D eigenvalue weighted by molar-refractivity contribution is 6.33. The van der Waals surface area contributed by atoms with Gasteiger partial charge < -0.3 is 14.6 Å². The molecule has 0 radical (unpaired) electrons. The maximum Gasteiger partial charge on any atom is 0.179 e. The fraction of sp³-hybridized carbons (Fsp3) is 0.538. The highest BCUT2D eigenvalue weighted by Gasteiger charge is 2.19. The van der Waals surface area contributed by atoms with Crippen molar-refractivity contribution in [2.24, 2.45) is 0 Å². The zero-order chi connectivity index (χ0) is 13.0. The Morgan fingerprint density at radius 1 is 1.29 bits per heavy atom. The van der Waals surface area contributed by atoms with Crippen molar-refractivity contribution in [1.82, 2.24) is 0 Å². The Balaban J connectivity index is 3.44. The van der Waals surface area contributed by atoms with E-state index >= 15 is 0 Å². The van der Waals surface area contributed by atoms with Crippen LogP contribution in [0.2, 0.25) is 5.02 Å². The fourth-order valence-corrected chi connectivity index (χ4v) is 2.48. The standard InChI is InChI=1S/C13H19ClO3/c1-8(2)11-9(5-6-15)7-10(16-3)13(17-4)12(11)14/h7-8,15H,5-6H2,1-4H3. The molecule has 0 fully saturated rings. The first-order valence-electron chi connectivity index (χ1n) is 5.60. The lowest BCUT2D eigenvalue weighted by molar-refractivity contribution is 0.298. The van der Waals surface area contributed by atoms with E-state index < -0.39 is 0 Å². The molecular weight excluding hydrogens is 240 g/mol. The molecule has 1 N–H and O–H groups in total. The third-order valence-corrected chi connectivity index (χ3v) is 3.07. The van der Waals surface area contributed by atoms with Gasteiger partial charge in [0.25, 0.3) is 0 Å². The third kappa shape index (κ3) is 2.85. The largest absolute Gasteiger partial charge is 0.493 e. The Morgan fingerprint density at radius 2 is 1.94 bits per heavy atom. The van der Waals surface area contributed by atoms with Crippen LogP contribution < -0.4 is 9.47 Å². The first-order chi connectivity index (χ1) is 8.06. The van der Waals surface area contributed by atoms with Gasteiger partial charge in [-0.15, -0.1) is 0 Å². The monoisotopic (exact) mass is 258 g/mol. The van der Waals surface area contributed by atoms with E-state index in [-0.39, 0.29) is 12.5 Å². The summed E-state index contributed by atoms with van der Waals surface area (Å²) in [6.07, 6.45) is 0.563. The molecule has 0 spiro atoms. The second-order valence-corrected chi connectivity index (χ2v) is 4.51. The van der Waals surface area contributed by atoms with Crippen LogP contribution in [0.4, 0.5) is 0 Å². The van der Waals surface area contributed by atoms with Crippen molar-refractivity contribution in [3.05, 3.63) is 22.2 Å². The van der Waals surface area contributed by atoms with Gasteiger partial charge in [0.2, 0.25) is 0 Å². The molecule has 0 atom stereocenters. The number of benzene rings is 1. The Kier molecular flexibility index (Phi) is 5.09. The molecular formula is C13H19ClO3. The van der Waals surface area contributed by atoms with Gasteiger partial charge in [0.05, 0.1) is 19.2 Å². The van der Waals surface area contributed by atoms with Crippen LogP contribution in [0.15, 0.2) is 6.07 Å². The lowest BCUT2D eigenvalue weighted by atomic mass is 9.94. The molecule has 3 nitrogen and oxygen atoms in total. The zero-order valence-corrected chi connectivity index (χ0v) is 11.5. The molecule has 17 heavy (non-hydrogen) atoms. The quantitative estimate of drug-likeness (QED) is 0.882. The Morgan fingerprint density at radius 3 is 2.35 bits per heavy atom. The predicted molar refractivity (Wildman–Crippen MR) is 69.4 cm³/mol. The van der Waals surface area contributed by atoms with Crippen LogP contribution in [0, 0.1) is 0 Å². The Labute approximate surface area is 107 Å². The maximum absolute atomic E-state index is 9.09. The van der Waals surface area contributed by atoms with Gasteiger partial charge in [0.1, 0.15) is 0 Å². The smallest absolute Gasteiger partial charge is 0.179 e. The van der Waals surface area contributed by atoms with Crippen LogP contribution in [0.3, 0.4) is 0 Å². The zero-order valence-electron chi connectivity index (χ0n) is 10.7. The summed E-state index contributed by atoms with van der Waals surface area (Å²) in [5.74, 6) is 1.42. The predicted octanol–water partition coefficient (Wildman–Crippen LogP) is 3.02. The van der Waals surface area contributed by atoms with Crippen LogP contribution in [0.5, 0.6) is 11.5 Å². The van der Waals surface area contributed by atoms with E-state index in [4.69, 9.17) is 26.2 Å². The van der Waals surface area contributed by atoms with Crippen molar-refractivity contribution < 1.29 is 14.6 Å². The lowest BCUT2D eigenvalue weighted by Gasteiger charge is -2.19. The molecule has 4 heteroatoms. The summed E-state index contributed by atoms with van der Waals surface area (Å²) in [6.45, 7) is 4.22. The minimum atomic E-state index is 0.0888. The number of hydrogen-bond acceptors (Lipinski definition) is 3. The number of rotatable bonds is 5. The Bertz CT molecular complexity index is 389. The van der Waals surface area contributed by atoms with E-state index in [9.17, 15) is 0 Å². The molecule has 0 aliphatic heterocycles. The number of hydrogen-bond donors (Lipinski definition) is 1. The van der Waals surface area contributed by atoms with Crippen LogP contribution in [0.25, 0.3) is 0 Å². The number of ether oxygens (including phenoxy) is 2. The fourth-order valence-electron chi connectivity index (χ4n) is 1.97. The molecule has 1 rings (SSSR count). The molecule has 0 unspecified atom stereocenters. The average Bonchev–Trinajstić information content (AvgIpc) is 2.28. The highest BCUT2D eigenvalue weighted by Crippen LogP contribution is 2.42. The summed E-state index contributed by atoms with van der Waals surface area (Å²) in [7, 11) is 3.14. The molecule has 0 saturated heterocycles. The van der Waals surface area contributed by atoms with Crippen molar-refractivity contribution >= 4 is 11.6 Å². The molecule has 0 heterocycles. The van der Waals surface area contributed by atoms with Crippen molar-refractivity contribution in [3.8, 4) is 11.5 Å². The first-order valence-corrected chi connectivity index (χ1v) is 5.98. The topological polar surface area (TPSA) is 38.7 Å². The number of aliphatic hydroxyl groups excluding tert-OH is 1. The number of aliphatic hydroxyl groups is 1. The van der Waals surface area contributed by atoms with E-state index in [0.717, 1.165) is 11.1 Å². The van der Waals surface area contributed by atoms with Crippen molar-refractivity contribution in [2.75, 3.05) is 20.8 Å². The van der Waals surface area contributed by atoms with E-state index in [1.165, 1.54) is 0 Å². The van der Waals surface area contributed by atoms with E-state index in [2.05, 4.69) is 13.8 Å². The molecule has 96 valence electrons. The molecule has 1 aromatic carbocycles. The molecule has 0 aromatic heterocycles. The van der Waals surface area contributed by atoms with Crippen LogP contribution in [-0.4, -0.2) is 25.9 Å². The van der Waals surface area contributed by atoms with Gasteiger partial charge >= 0.3 is 0 Å². The molecule has 0 amide bonds. The number of halogens is 1. The van der Waals surface area contributed by atoms with Gasteiger partial charge in [-0.25, -0.2) is 0 Å². The lowest BCUT2D eigenvalue weighted by Crippen LogP contribution is -2.04. The number of methoxy groups -OCH3 is 2. The van der Waals surface area contributed by atoms with Gasteiger partial charge in [0, 0.05) is 6.61 Å². The van der Waals surface area contributed by atoms with Crippen LogP contribution in [0.1, 0.15) is 30.9 Å². The van der Waals surface area contributed by atoms with E-state index in [1.54, 1.807) is 14.2 Å². The normalized spacial score (nSPS) is 10.8. The second kappa shape index (κ2) is 6.12. The summed E-state index contributed by atoms with van der Waals surface area (Å²) in [4.78, 5) is 0. The minimum absolute atomic E-state index is 0.0888. The summed E-state index contributed by atoms with van der Waals surface area (Å²) < 4.78 is 10.5. The maximum atomic E-state index is 9.09. The first kappa shape index (κ1) is 14.1. The van der Waals surface area contributed by atoms with Crippen molar-refractivity contribution in [3.63, 3.8) is 0 Å². The van der Waals surface area contributed by atoms with Gasteiger partial charge in [0.15, 0.2) is 11.5 Å². The molecule has 0 saturated carbocycles. The molecule has 0 aliphatic carbocycles. The Hall–Kier alpha value is -0.930. The highest BCUT2D eigenvalue weighted by atomic mass is 35.5. The van der Waals surface area contributed by atoms with Gasteiger partial charge in [-0.2, -0.15) is 0 Å². The van der Waals surface area contributed by atoms with Gasteiger partial charge in [-0.3, -0.25) is 0 Å². The molecule has 1 aromatic rings. The molecule has 0 aliphatic rings. The van der Waals surface area contributed by atoms with Crippen LogP contribution in [-0.2, 0) is 6.42 Å². The second-order valence-electron chi connectivity index (χ2n) is 4.13. The van der Waals surface area contributed by atoms with Gasteiger partial charge in [-0.05, 0) is 29.5 Å². The molecule has 0 bridgehead atoms. The summed E-state index contributed by atoms with van der Waals surface area (Å²) in [5.41, 5.74) is 2.02. The third-order valence-electron chi connectivity index (χ3n) is 2.69. The summed E-state index contributed by atoms with van der Waals surface area (Å²) in [5, 5.41) is 9.67. The minimum Gasteiger partial charge on any atom is -0.493 e. The van der Waals surface area contributed by atoms with E-state index in [0.29, 0.717) is 22.9 Å². The average molecular weight is 259 g/mol. The van der Waals surface area contributed by atoms with Crippen LogP contribution >= 0.6 is 11.6 Å².